The molecule has 0 saturated carbocycles. The maximum atomic E-state index is 14.8. The first kappa shape index (κ1) is 25.0. The second-order valence-electron chi connectivity index (χ2n) is 8.29. The van der Waals surface area contributed by atoms with Gasteiger partial charge in [0.1, 0.15) is 11.4 Å². The van der Waals surface area contributed by atoms with Crippen LogP contribution in [0, 0.1) is 18.2 Å². The lowest BCUT2D eigenvalue weighted by atomic mass is 9.79. The summed E-state index contributed by atoms with van der Waals surface area (Å²) in [6.07, 6.45) is 7.03. The summed E-state index contributed by atoms with van der Waals surface area (Å²) in [6.45, 7) is 5.37. The minimum Gasteiger partial charge on any atom is -0.463 e. The number of benzene rings is 1. The number of aromatic nitrogens is 1. The molecule has 3 heterocycles. The molecule has 0 radical (unpaired) electrons. The normalized spacial score (nSPS) is 22.8. The lowest BCUT2D eigenvalue weighted by Crippen LogP contribution is -2.49. The van der Waals surface area contributed by atoms with Crippen molar-refractivity contribution < 1.29 is 23.8 Å². The summed E-state index contributed by atoms with van der Waals surface area (Å²) in [6, 6.07) is 4.51. The number of amidine groups is 1. The maximum Gasteiger partial charge on any atom is 0.338 e. The van der Waals surface area contributed by atoms with Crippen LogP contribution in [0.25, 0.3) is 0 Å². The molecule has 2 aliphatic heterocycles. The van der Waals surface area contributed by atoms with Crippen LogP contribution < -0.4 is 5.32 Å². The largest absolute Gasteiger partial charge is 0.463 e. The number of ether oxygens (including phenoxy) is 2. The number of hydrogen-bond donors (Lipinski definition) is 2. The van der Waals surface area contributed by atoms with Gasteiger partial charge in [0.25, 0.3) is 0 Å². The average molecular weight is 499 g/mol. The Labute approximate surface area is 207 Å². The summed E-state index contributed by atoms with van der Waals surface area (Å²) < 4.78 is 25.8. The number of thiazole rings is 1. The van der Waals surface area contributed by atoms with Crippen molar-refractivity contribution in [2.24, 2.45) is 4.99 Å². The van der Waals surface area contributed by atoms with Gasteiger partial charge in [-0.05, 0) is 19.9 Å². The fourth-order valence-corrected chi connectivity index (χ4v) is 5.00. The summed E-state index contributed by atoms with van der Waals surface area (Å²) in [5.41, 5.74) is -0.135. The topological polar surface area (TPSA) is 96.3 Å². The van der Waals surface area contributed by atoms with Crippen molar-refractivity contribution in [1.82, 2.24) is 15.2 Å². The van der Waals surface area contributed by atoms with Crippen LogP contribution in [0.1, 0.15) is 30.0 Å². The molecule has 184 valence electrons. The van der Waals surface area contributed by atoms with Crippen LogP contribution in [0.2, 0.25) is 0 Å². The second-order valence-corrected chi connectivity index (χ2v) is 9.18. The highest BCUT2D eigenvalue weighted by Gasteiger charge is 2.44. The third-order valence-corrected chi connectivity index (χ3v) is 6.78. The predicted octanol–water partition coefficient (Wildman–Crippen LogP) is 2.04. The van der Waals surface area contributed by atoms with Crippen molar-refractivity contribution in [2.45, 2.75) is 25.5 Å². The van der Waals surface area contributed by atoms with Gasteiger partial charge in [-0.1, -0.05) is 18.1 Å². The van der Waals surface area contributed by atoms with Crippen LogP contribution in [0.5, 0.6) is 0 Å². The van der Waals surface area contributed by atoms with Gasteiger partial charge in [-0.3, -0.25) is 4.90 Å². The molecule has 35 heavy (non-hydrogen) atoms. The number of hydrogen-bond acceptors (Lipinski definition) is 9. The van der Waals surface area contributed by atoms with Gasteiger partial charge in [-0.25, -0.2) is 19.2 Å². The Balaban J connectivity index is 1.90. The van der Waals surface area contributed by atoms with E-state index in [1.54, 1.807) is 32.2 Å². The minimum absolute atomic E-state index is 0.0343. The van der Waals surface area contributed by atoms with Crippen LogP contribution in [0.3, 0.4) is 0 Å². The molecule has 2 unspecified atom stereocenters. The minimum atomic E-state index is -1.35. The SMILES string of the molecule is C#Cc1c(F)cccc1C1(C)N=C(c2nccs2)NC(CN2CCOC(CO)C2)=C1C(=O)OCC. The monoisotopic (exact) mass is 498 g/mol. The number of rotatable bonds is 7. The highest BCUT2D eigenvalue weighted by molar-refractivity contribution is 7.11. The first-order chi connectivity index (χ1) is 16.9. The van der Waals surface area contributed by atoms with E-state index in [2.05, 4.69) is 21.1 Å². The zero-order chi connectivity index (χ0) is 25.0. The maximum absolute atomic E-state index is 14.8. The van der Waals surface area contributed by atoms with E-state index < -0.39 is 17.3 Å². The molecule has 2 aromatic rings. The molecule has 1 aromatic carbocycles. The molecule has 0 bridgehead atoms. The number of aliphatic imine (C=N–C) groups is 1. The Morgan fingerprint density at radius 3 is 3.03 bits per heavy atom. The Hall–Kier alpha value is -3.10. The molecule has 1 fully saturated rings. The van der Waals surface area contributed by atoms with Gasteiger partial charge < -0.3 is 19.9 Å². The fraction of sp³-hybridized carbons (Fsp3) is 0.400. The lowest BCUT2D eigenvalue weighted by molar-refractivity contribution is -0.139. The van der Waals surface area contributed by atoms with E-state index in [0.29, 0.717) is 48.3 Å². The quantitative estimate of drug-likeness (QED) is 0.446. The lowest BCUT2D eigenvalue weighted by Gasteiger charge is -2.38. The van der Waals surface area contributed by atoms with Crippen LogP contribution in [-0.4, -0.2) is 72.4 Å². The number of aliphatic hydroxyl groups is 1. The van der Waals surface area contributed by atoms with Gasteiger partial charge in [0.2, 0.25) is 0 Å². The van der Waals surface area contributed by atoms with E-state index in [0.717, 1.165) is 0 Å². The van der Waals surface area contributed by atoms with Gasteiger partial charge >= 0.3 is 5.97 Å². The molecule has 2 atom stereocenters. The molecular weight excluding hydrogens is 471 g/mol. The molecule has 1 aromatic heterocycles. The van der Waals surface area contributed by atoms with E-state index >= 15 is 0 Å². The van der Waals surface area contributed by atoms with Crippen LogP contribution >= 0.6 is 11.3 Å². The molecular formula is C25H27FN4O4S. The zero-order valence-electron chi connectivity index (χ0n) is 19.6. The van der Waals surface area contributed by atoms with Crippen molar-refractivity contribution >= 4 is 23.1 Å². The number of carbonyl (C=O) groups is 1. The summed E-state index contributed by atoms with van der Waals surface area (Å²) in [7, 11) is 0. The van der Waals surface area contributed by atoms with E-state index in [-0.39, 0.29) is 30.5 Å². The highest BCUT2D eigenvalue weighted by Crippen LogP contribution is 2.41. The molecule has 0 aliphatic carbocycles. The third-order valence-electron chi connectivity index (χ3n) is 6.00. The number of nitrogens with zero attached hydrogens (tertiary/aromatic N) is 3. The Morgan fingerprint density at radius 2 is 2.34 bits per heavy atom. The summed E-state index contributed by atoms with van der Waals surface area (Å²) in [5.74, 6) is 1.74. The number of terminal acetylenes is 1. The van der Waals surface area contributed by atoms with Gasteiger partial charge in [0.15, 0.2) is 10.8 Å². The van der Waals surface area contributed by atoms with Gasteiger partial charge in [0, 0.05) is 42.5 Å². The highest BCUT2D eigenvalue weighted by atomic mass is 32.1. The molecule has 1 saturated heterocycles. The molecule has 10 heteroatoms. The molecule has 8 nitrogen and oxygen atoms in total. The first-order valence-electron chi connectivity index (χ1n) is 11.3. The van der Waals surface area contributed by atoms with E-state index in [1.165, 1.54) is 17.4 Å². The summed E-state index contributed by atoms with van der Waals surface area (Å²) in [5, 5.41) is 15.3. The third kappa shape index (κ3) is 4.99. The number of nitrogens with one attached hydrogen (secondary N) is 1. The smallest absolute Gasteiger partial charge is 0.338 e. The first-order valence-corrected chi connectivity index (χ1v) is 12.2. The Kier molecular flexibility index (Phi) is 7.62. The van der Waals surface area contributed by atoms with Crippen molar-refractivity contribution in [2.75, 3.05) is 39.5 Å². The van der Waals surface area contributed by atoms with E-state index in [9.17, 15) is 14.3 Å². The van der Waals surface area contributed by atoms with Gasteiger partial charge in [0.05, 0.1) is 37.1 Å². The van der Waals surface area contributed by atoms with Crippen LogP contribution in [0.4, 0.5) is 4.39 Å². The molecule has 0 spiro atoms. The van der Waals surface area contributed by atoms with Gasteiger partial charge in [-0.15, -0.1) is 17.8 Å². The number of aliphatic hydroxyl groups excluding tert-OH is 1. The van der Waals surface area contributed by atoms with Crippen molar-refractivity contribution in [3.63, 3.8) is 0 Å². The molecule has 2 aliphatic rings. The van der Waals surface area contributed by atoms with Gasteiger partial charge in [-0.2, -0.15) is 0 Å². The summed E-state index contributed by atoms with van der Waals surface area (Å²) >= 11 is 1.39. The summed E-state index contributed by atoms with van der Waals surface area (Å²) in [4.78, 5) is 24.7. The predicted molar refractivity (Wildman–Crippen MR) is 130 cm³/mol. The number of halogens is 1. The van der Waals surface area contributed by atoms with Crippen molar-refractivity contribution in [3.8, 4) is 12.3 Å². The average Bonchev–Trinajstić information content (AvgIpc) is 3.39. The van der Waals surface area contributed by atoms with Crippen molar-refractivity contribution in [1.29, 1.82) is 0 Å². The van der Waals surface area contributed by atoms with E-state index in [1.807, 2.05) is 5.38 Å². The Morgan fingerprint density at radius 1 is 1.51 bits per heavy atom. The standard InChI is InChI=1S/C25H27FN4O4S/c1-4-17-18(7-6-8-19(17)26)25(3)21(24(32)33-5-2)20(14-30-10-11-34-16(13-30)15-31)28-22(29-25)23-27-9-12-35-23/h1,6-9,12,16,31H,5,10-11,13-15H2,2-3H3,(H,28,29). The number of esters is 1. The number of morpholine rings is 1. The second kappa shape index (κ2) is 10.7. The molecule has 2 N–H and O–H groups in total. The Bertz CT molecular complexity index is 1190. The molecule has 4 rings (SSSR count). The van der Waals surface area contributed by atoms with Crippen LogP contribution in [0.15, 0.2) is 46.0 Å². The fourth-order valence-electron chi connectivity index (χ4n) is 4.42. The molecule has 0 amide bonds. The van der Waals surface area contributed by atoms with Crippen molar-refractivity contribution in [3.05, 3.63) is 63.0 Å². The number of carbonyl (C=O) groups excluding carboxylic acids is 1. The van der Waals surface area contributed by atoms with E-state index in [4.69, 9.17) is 20.9 Å². The zero-order valence-corrected chi connectivity index (χ0v) is 20.4. The van der Waals surface area contributed by atoms with Crippen LogP contribution in [-0.2, 0) is 19.8 Å².